The topological polar surface area (TPSA) is 9.23 Å². The monoisotopic (exact) mass is 196 g/mol. The van der Waals surface area contributed by atoms with Crippen LogP contribution in [0.4, 0.5) is 0 Å². The highest BCUT2D eigenvalue weighted by atomic mass is 35.5. The van der Waals surface area contributed by atoms with E-state index in [4.69, 9.17) is 16.3 Å². The number of hydrogen-bond acceptors (Lipinski definition) is 1. The largest absolute Gasteiger partial charge is 0.497 e. The van der Waals surface area contributed by atoms with Gasteiger partial charge in [0.15, 0.2) is 0 Å². The lowest BCUT2D eigenvalue weighted by molar-refractivity contribution is 0.414. The Morgan fingerprint density at radius 1 is 1.54 bits per heavy atom. The Kier molecular flexibility index (Phi) is 3.38. The lowest BCUT2D eigenvalue weighted by Gasteiger charge is -2.07. The molecule has 1 rings (SSSR count). The Morgan fingerprint density at radius 2 is 2.23 bits per heavy atom. The Hall–Kier alpha value is -0.950. The van der Waals surface area contributed by atoms with Gasteiger partial charge in [-0.3, -0.25) is 0 Å². The maximum atomic E-state index is 6.01. The highest BCUT2D eigenvalue weighted by Crippen LogP contribution is 2.28. The first-order chi connectivity index (χ1) is 6.19. The number of benzene rings is 1. The van der Waals surface area contributed by atoms with Crippen LogP contribution in [0.2, 0.25) is 5.02 Å². The van der Waals surface area contributed by atoms with E-state index >= 15 is 0 Å². The molecule has 2 heteroatoms. The van der Waals surface area contributed by atoms with Gasteiger partial charge in [-0.05, 0) is 35.8 Å². The molecule has 0 radical (unpaired) electrons. The summed E-state index contributed by atoms with van der Waals surface area (Å²) in [5.74, 6) is 0.814. The van der Waals surface area contributed by atoms with Crippen LogP contribution in [0.25, 0.3) is 5.57 Å². The van der Waals surface area contributed by atoms with Crippen LogP contribution in [0.5, 0.6) is 5.75 Å². The average Bonchev–Trinajstić information content (AvgIpc) is 2.17. The molecular formula is C11H13ClO. The zero-order valence-electron chi connectivity index (χ0n) is 7.93. The van der Waals surface area contributed by atoms with E-state index in [1.54, 1.807) is 7.11 Å². The molecule has 0 N–H and O–H groups in total. The van der Waals surface area contributed by atoms with Gasteiger partial charge in [-0.2, -0.15) is 0 Å². The molecule has 0 aliphatic carbocycles. The van der Waals surface area contributed by atoms with Crippen molar-refractivity contribution in [3.05, 3.63) is 35.4 Å². The summed E-state index contributed by atoms with van der Waals surface area (Å²) < 4.78 is 5.10. The van der Waals surface area contributed by atoms with Crippen LogP contribution in [-0.2, 0) is 0 Å². The first-order valence-electron chi connectivity index (χ1n) is 4.20. The van der Waals surface area contributed by atoms with Crippen molar-refractivity contribution in [2.45, 2.75) is 13.3 Å². The maximum Gasteiger partial charge on any atom is 0.119 e. The third-order valence-corrected chi connectivity index (χ3v) is 2.31. The van der Waals surface area contributed by atoms with Gasteiger partial charge >= 0.3 is 0 Å². The minimum Gasteiger partial charge on any atom is -0.497 e. The van der Waals surface area contributed by atoms with Gasteiger partial charge in [-0.1, -0.05) is 25.1 Å². The molecule has 0 saturated carbocycles. The number of allylic oxidation sites excluding steroid dienone is 1. The minimum atomic E-state index is 0.729. The van der Waals surface area contributed by atoms with Gasteiger partial charge < -0.3 is 4.74 Å². The molecule has 0 aliphatic heterocycles. The summed E-state index contributed by atoms with van der Waals surface area (Å²) in [4.78, 5) is 0. The van der Waals surface area contributed by atoms with Crippen LogP contribution in [0, 0.1) is 0 Å². The summed E-state index contributed by atoms with van der Waals surface area (Å²) in [7, 11) is 1.64. The van der Waals surface area contributed by atoms with E-state index < -0.39 is 0 Å². The van der Waals surface area contributed by atoms with Crippen LogP contribution in [0.15, 0.2) is 24.8 Å². The molecule has 0 aliphatic rings. The van der Waals surface area contributed by atoms with Crippen LogP contribution in [0.1, 0.15) is 18.9 Å². The first-order valence-corrected chi connectivity index (χ1v) is 4.58. The second-order valence-corrected chi connectivity index (χ2v) is 3.21. The molecule has 1 aromatic rings. The highest BCUT2D eigenvalue weighted by Gasteiger charge is 2.04. The molecule has 0 bridgehead atoms. The van der Waals surface area contributed by atoms with E-state index in [0.717, 1.165) is 28.3 Å². The van der Waals surface area contributed by atoms with Gasteiger partial charge in [0.05, 0.1) is 7.11 Å². The quantitative estimate of drug-likeness (QED) is 0.715. The molecule has 0 amide bonds. The van der Waals surface area contributed by atoms with E-state index in [-0.39, 0.29) is 0 Å². The predicted molar refractivity (Wildman–Crippen MR) is 57.3 cm³/mol. The highest BCUT2D eigenvalue weighted by molar-refractivity contribution is 6.32. The molecule has 1 aromatic carbocycles. The number of halogens is 1. The van der Waals surface area contributed by atoms with Crippen LogP contribution in [0.3, 0.4) is 0 Å². The van der Waals surface area contributed by atoms with E-state index in [1.807, 2.05) is 18.2 Å². The summed E-state index contributed by atoms with van der Waals surface area (Å²) in [5, 5.41) is 0.729. The Labute approximate surface area is 84.0 Å². The zero-order chi connectivity index (χ0) is 9.84. The zero-order valence-corrected chi connectivity index (χ0v) is 8.69. The average molecular weight is 197 g/mol. The van der Waals surface area contributed by atoms with Crippen molar-refractivity contribution in [1.82, 2.24) is 0 Å². The summed E-state index contributed by atoms with van der Waals surface area (Å²) in [5.41, 5.74) is 2.01. The lowest BCUT2D eigenvalue weighted by atomic mass is 10.1. The van der Waals surface area contributed by atoms with Crippen molar-refractivity contribution >= 4 is 17.2 Å². The van der Waals surface area contributed by atoms with E-state index in [2.05, 4.69) is 13.5 Å². The van der Waals surface area contributed by atoms with E-state index in [9.17, 15) is 0 Å². The molecule has 0 heterocycles. The predicted octanol–water partition coefficient (Wildman–Crippen LogP) is 3.77. The van der Waals surface area contributed by atoms with Crippen molar-refractivity contribution in [3.63, 3.8) is 0 Å². The number of hydrogen-bond donors (Lipinski definition) is 0. The third-order valence-electron chi connectivity index (χ3n) is 1.98. The fourth-order valence-corrected chi connectivity index (χ4v) is 1.34. The summed E-state index contributed by atoms with van der Waals surface area (Å²) in [6, 6.07) is 5.58. The van der Waals surface area contributed by atoms with Crippen molar-refractivity contribution in [2.75, 3.05) is 7.11 Å². The molecule has 0 aromatic heterocycles. The molecule has 0 saturated heterocycles. The smallest absolute Gasteiger partial charge is 0.119 e. The van der Waals surface area contributed by atoms with Crippen LogP contribution < -0.4 is 4.74 Å². The van der Waals surface area contributed by atoms with Crippen molar-refractivity contribution in [2.24, 2.45) is 0 Å². The fraction of sp³-hybridized carbons (Fsp3) is 0.273. The van der Waals surface area contributed by atoms with Gasteiger partial charge in [0.1, 0.15) is 5.75 Å². The second kappa shape index (κ2) is 4.33. The van der Waals surface area contributed by atoms with E-state index in [0.29, 0.717) is 0 Å². The normalized spacial score (nSPS) is 9.77. The molecule has 0 fully saturated rings. The summed E-state index contributed by atoms with van der Waals surface area (Å²) in [6.07, 6.45) is 0.896. The molecular weight excluding hydrogens is 184 g/mol. The first kappa shape index (κ1) is 10.1. The molecule has 70 valence electrons. The van der Waals surface area contributed by atoms with Crippen LogP contribution >= 0.6 is 11.6 Å². The second-order valence-electron chi connectivity index (χ2n) is 2.80. The van der Waals surface area contributed by atoms with Crippen molar-refractivity contribution in [1.29, 1.82) is 0 Å². The molecule has 0 spiro atoms. The SMILES string of the molecule is C=C(CC)c1cc(OC)ccc1Cl. The third kappa shape index (κ3) is 2.25. The van der Waals surface area contributed by atoms with Gasteiger partial charge in [0, 0.05) is 5.02 Å². The standard InChI is InChI=1S/C11H13ClO/c1-4-8(2)10-7-9(13-3)5-6-11(10)12/h5-7H,2,4H2,1,3H3. The van der Waals surface area contributed by atoms with Crippen LogP contribution in [-0.4, -0.2) is 7.11 Å². The van der Waals surface area contributed by atoms with E-state index in [1.165, 1.54) is 0 Å². The molecule has 1 nitrogen and oxygen atoms in total. The van der Waals surface area contributed by atoms with Crippen molar-refractivity contribution in [3.8, 4) is 5.75 Å². The summed E-state index contributed by atoms with van der Waals surface area (Å²) >= 11 is 6.01. The minimum absolute atomic E-state index is 0.729. The maximum absolute atomic E-state index is 6.01. The van der Waals surface area contributed by atoms with Gasteiger partial charge in [0.25, 0.3) is 0 Å². The van der Waals surface area contributed by atoms with Gasteiger partial charge in [0.2, 0.25) is 0 Å². The van der Waals surface area contributed by atoms with Crippen molar-refractivity contribution < 1.29 is 4.74 Å². The number of rotatable bonds is 3. The lowest BCUT2D eigenvalue weighted by Crippen LogP contribution is -1.87. The number of methoxy groups -OCH3 is 1. The fourth-order valence-electron chi connectivity index (χ4n) is 1.09. The molecule has 0 unspecified atom stereocenters. The summed E-state index contributed by atoms with van der Waals surface area (Å²) in [6.45, 7) is 5.99. The Morgan fingerprint density at radius 3 is 2.77 bits per heavy atom. The van der Waals surface area contributed by atoms with Gasteiger partial charge in [-0.15, -0.1) is 0 Å². The Balaban J connectivity index is 3.11. The molecule has 13 heavy (non-hydrogen) atoms. The number of ether oxygens (including phenoxy) is 1. The van der Waals surface area contributed by atoms with Gasteiger partial charge in [-0.25, -0.2) is 0 Å². The Bertz CT molecular complexity index is 318. The molecule has 0 atom stereocenters.